The molecular formula is C20H46O5Zr. The van der Waals surface area contributed by atoms with Crippen LogP contribution in [0.25, 0.3) is 0 Å². The second kappa shape index (κ2) is 44.6. The standard InChI is InChI=1S/C8H16O2.3C4H10O.Zr/c1-2-3-4-5-6-7-8(9)10;3*1-2-3-4-5;/h2-7H2,1H3,(H,9,10);3*5H,2-4H2,1H3;. The summed E-state index contributed by atoms with van der Waals surface area (Å²) in [5.41, 5.74) is 0. The zero-order chi connectivity index (χ0) is 20.2. The molecule has 0 aliphatic carbocycles. The summed E-state index contributed by atoms with van der Waals surface area (Å²) in [5, 5.41) is 32.5. The third-order valence-electron chi connectivity index (χ3n) is 3.03. The largest absolute Gasteiger partial charge is 0.481 e. The van der Waals surface area contributed by atoms with Crippen molar-refractivity contribution in [1.82, 2.24) is 0 Å². The fourth-order valence-electron chi connectivity index (χ4n) is 1.35. The van der Waals surface area contributed by atoms with Gasteiger partial charge in [-0.3, -0.25) is 4.79 Å². The summed E-state index contributed by atoms with van der Waals surface area (Å²) in [5.74, 6) is -0.670. The molecule has 0 aromatic carbocycles. The predicted molar refractivity (Wildman–Crippen MR) is 107 cm³/mol. The van der Waals surface area contributed by atoms with Gasteiger partial charge in [0.2, 0.25) is 0 Å². The zero-order valence-corrected chi connectivity index (χ0v) is 20.3. The molecule has 0 amide bonds. The molecule has 0 unspecified atom stereocenters. The molecule has 6 heteroatoms. The first kappa shape index (κ1) is 37.0. The van der Waals surface area contributed by atoms with E-state index >= 15 is 0 Å². The summed E-state index contributed by atoms with van der Waals surface area (Å²) < 4.78 is 0. The van der Waals surface area contributed by atoms with Crippen molar-refractivity contribution in [3.8, 4) is 0 Å². The number of aliphatic hydroxyl groups excluding tert-OH is 3. The van der Waals surface area contributed by atoms with Gasteiger partial charge in [-0.1, -0.05) is 72.6 Å². The first-order valence-corrected chi connectivity index (χ1v) is 10.1. The number of carboxylic acids is 1. The Morgan fingerprint density at radius 3 is 1.08 bits per heavy atom. The van der Waals surface area contributed by atoms with Crippen LogP contribution in [0.2, 0.25) is 0 Å². The topological polar surface area (TPSA) is 98.0 Å². The molecule has 0 saturated carbocycles. The molecule has 0 saturated heterocycles. The number of rotatable bonds is 12. The predicted octanol–water partition coefficient (Wildman–Crippen LogP) is 4.77. The first-order valence-electron chi connectivity index (χ1n) is 10.1. The molecule has 0 aromatic heterocycles. The zero-order valence-electron chi connectivity index (χ0n) is 17.8. The molecule has 0 rings (SSSR count). The number of hydrogen-bond donors (Lipinski definition) is 4. The number of aliphatic carboxylic acids is 1. The Balaban J connectivity index is -0.0000000794. The minimum absolute atomic E-state index is 0. The molecule has 0 aliphatic heterocycles. The van der Waals surface area contributed by atoms with Crippen LogP contribution in [0.15, 0.2) is 0 Å². The molecular weight excluding hydrogens is 411 g/mol. The van der Waals surface area contributed by atoms with Crippen LogP contribution in [0.3, 0.4) is 0 Å². The van der Waals surface area contributed by atoms with Gasteiger partial charge in [-0.05, 0) is 25.7 Å². The van der Waals surface area contributed by atoms with Gasteiger partial charge in [0.1, 0.15) is 0 Å². The molecule has 0 atom stereocenters. The van der Waals surface area contributed by atoms with Crippen LogP contribution in [0.1, 0.15) is 105 Å². The van der Waals surface area contributed by atoms with Crippen molar-refractivity contribution in [2.75, 3.05) is 19.8 Å². The average Bonchev–Trinajstić information content (AvgIpc) is 2.58. The number of unbranched alkanes of at least 4 members (excludes halogenated alkanes) is 7. The summed E-state index contributed by atoms with van der Waals surface area (Å²) in [6.07, 6.45) is 12.0. The van der Waals surface area contributed by atoms with Crippen molar-refractivity contribution in [3.63, 3.8) is 0 Å². The average molecular weight is 458 g/mol. The van der Waals surface area contributed by atoms with Gasteiger partial charge < -0.3 is 20.4 Å². The molecule has 0 aromatic rings. The monoisotopic (exact) mass is 456 g/mol. The van der Waals surface area contributed by atoms with E-state index in [2.05, 4.69) is 27.7 Å². The Hall–Kier alpha value is 0.233. The van der Waals surface area contributed by atoms with Crippen LogP contribution >= 0.6 is 0 Å². The molecule has 0 radical (unpaired) electrons. The molecule has 0 aliphatic rings. The van der Waals surface area contributed by atoms with Gasteiger partial charge in [-0.15, -0.1) is 0 Å². The minimum Gasteiger partial charge on any atom is -0.481 e. The summed E-state index contributed by atoms with van der Waals surface area (Å²) in [6, 6.07) is 0. The smallest absolute Gasteiger partial charge is 0.303 e. The molecule has 0 spiro atoms. The van der Waals surface area contributed by atoms with Gasteiger partial charge in [0.05, 0.1) is 0 Å². The normalized spacial score (nSPS) is 8.58. The molecule has 26 heavy (non-hydrogen) atoms. The Morgan fingerprint density at radius 2 is 0.885 bits per heavy atom. The molecule has 4 N–H and O–H groups in total. The second-order valence-corrected chi connectivity index (χ2v) is 5.79. The second-order valence-electron chi connectivity index (χ2n) is 5.79. The van der Waals surface area contributed by atoms with Crippen LogP contribution in [0.4, 0.5) is 0 Å². The number of carboxylic acid groups (broad SMARTS) is 1. The quantitative estimate of drug-likeness (QED) is 0.317. The molecule has 5 nitrogen and oxygen atoms in total. The van der Waals surface area contributed by atoms with Crippen molar-refractivity contribution >= 4 is 5.97 Å². The van der Waals surface area contributed by atoms with E-state index in [0.29, 0.717) is 26.2 Å². The third kappa shape index (κ3) is 74.7. The van der Waals surface area contributed by atoms with Crippen molar-refractivity contribution in [2.24, 2.45) is 0 Å². The fraction of sp³-hybridized carbons (Fsp3) is 0.950. The minimum atomic E-state index is -0.670. The van der Waals surface area contributed by atoms with E-state index in [-0.39, 0.29) is 26.2 Å². The third-order valence-corrected chi connectivity index (χ3v) is 3.03. The van der Waals surface area contributed by atoms with Gasteiger partial charge in [0.25, 0.3) is 0 Å². The summed E-state index contributed by atoms with van der Waals surface area (Å²) >= 11 is 0. The fourth-order valence-corrected chi connectivity index (χ4v) is 1.35. The molecule has 160 valence electrons. The van der Waals surface area contributed by atoms with Crippen LogP contribution in [-0.4, -0.2) is 46.2 Å². The van der Waals surface area contributed by atoms with E-state index in [4.69, 9.17) is 20.4 Å². The van der Waals surface area contributed by atoms with Crippen molar-refractivity contribution in [1.29, 1.82) is 0 Å². The van der Waals surface area contributed by atoms with E-state index in [9.17, 15) is 4.79 Å². The van der Waals surface area contributed by atoms with E-state index in [1.54, 1.807) is 0 Å². The Kier molecular flexibility index (Phi) is 63.5. The maximum Gasteiger partial charge on any atom is 0.303 e. The van der Waals surface area contributed by atoms with Crippen LogP contribution in [-0.2, 0) is 31.0 Å². The first-order chi connectivity index (χ1) is 12.0. The molecule has 0 fully saturated rings. The molecule has 0 bridgehead atoms. The Morgan fingerprint density at radius 1 is 0.577 bits per heavy atom. The Labute approximate surface area is 181 Å². The van der Waals surface area contributed by atoms with E-state index < -0.39 is 5.97 Å². The van der Waals surface area contributed by atoms with Gasteiger partial charge in [0.15, 0.2) is 0 Å². The van der Waals surface area contributed by atoms with Crippen molar-refractivity contribution in [2.45, 2.75) is 105 Å². The SMILES string of the molecule is CCCCCCCC(=O)O.CCCCO.CCCCO.CCCCO.[Zr]. The number of carbonyl (C=O) groups is 1. The van der Waals surface area contributed by atoms with Crippen LogP contribution in [0, 0.1) is 0 Å². The van der Waals surface area contributed by atoms with E-state index in [1.807, 2.05) is 0 Å². The van der Waals surface area contributed by atoms with E-state index in [1.165, 1.54) is 19.3 Å². The Bertz CT molecular complexity index is 184. The van der Waals surface area contributed by atoms with E-state index in [0.717, 1.165) is 51.4 Å². The van der Waals surface area contributed by atoms with Crippen LogP contribution in [0.5, 0.6) is 0 Å². The van der Waals surface area contributed by atoms with Gasteiger partial charge in [-0.25, -0.2) is 0 Å². The van der Waals surface area contributed by atoms with Gasteiger partial charge in [-0.2, -0.15) is 0 Å². The van der Waals surface area contributed by atoms with Crippen LogP contribution < -0.4 is 0 Å². The summed E-state index contributed by atoms with van der Waals surface area (Å²) in [4.78, 5) is 10.0. The maximum absolute atomic E-state index is 10.0. The van der Waals surface area contributed by atoms with Crippen molar-refractivity contribution < 1.29 is 51.4 Å². The maximum atomic E-state index is 10.0. The summed E-state index contributed by atoms with van der Waals surface area (Å²) in [7, 11) is 0. The number of aliphatic hydroxyl groups is 3. The molecule has 0 heterocycles. The van der Waals surface area contributed by atoms with Gasteiger partial charge >= 0.3 is 5.97 Å². The van der Waals surface area contributed by atoms with Gasteiger partial charge in [0, 0.05) is 52.4 Å². The van der Waals surface area contributed by atoms with Crippen molar-refractivity contribution in [3.05, 3.63) is 0 Å². The summed E-state index contributed by atoms with van der Waals surface area (Å²) in [6.45, 7) is 9.34. The number of hydrogen-bond acceptors (Lipinski definition) is 4.